The Morgan fingerprint density at radius 3 is 2.42 bits per heavy atom. The van der Waals surface area contributed by atoms with Crippen LogP contribution >= 0.6 is 22.6 Å². The number of hydrogen-bond donors (Lipinski definition) is 0. The number of halogens is 1. The normalized spacial score (nSPS) is 21.4. The van der Waals surface area contributed by atoms with Crippen LogP contribution in [-0.2, 0) is 5.41 Å². The van der Waals surface area contributed by atoms with Gasteiger partial charge in [0.1, 0.15) is 0 Å². The zero-order valence-electron chi connectivity index (χ0n) is 14.6. The molecule has 4 rings (SSSR count). The fraction of sp³-hybridized carbons (Fsp3) is 0.304. The highest BCUT2D eigenvalue weighted by Gasteiger charge is 2.41. The molecule has 1 unspecified atom stereocenters. The second-order valence-electron chi connectivity index (χ2n) is 7.60. The van der Waals surface area contributed by atoms with Crippen LogP contribution in [0.3, 0.4) is 0 Å². The average Bonchev–Trinajstić information content (AvgIpc) is 2.68. The lowest BCUT2D eigenvalue weighted by molar-refractivity contribution is 0.615. The summed E-state index contributed by atoms with van der Waals surface area (Å²) in [6.07, 6.45) is 7.15. The Hall–Kier alpha value is -1.35. The predicted molar refractivity (Wildman–Crippen MR) is 112 cm³/mol. The Labute approximate surface area is 158 Å². The SMILES string of the molecule is Cc1ccc(-c2ccc3c(c2)C(C)(C)C2=CCC(I)=CCC23)cc1. The molecule has 0 saturated heterocycles. The van der Waals surface area contributed by atoms with E-state index in [-0.39, 0.29) is 5.41 Å². The van der Waals surface area contributed by atoms with Crippen molar-refractivity contribution in [3.8, 4) is 11.1 Å². The Balaban J connectivity index is 1.82. The van der Waals surface area contributed by atoms with Crippen molar-refractivity contribution in [3.63, 3.8) is 0 Å². The molecule has 2 aliphatic rings. The number of aryl methyl sites for hydroxylation is 1. The number of fused-ring (bicyclic) bond motifs is 3. The first kappa shape index (κ1) is 16.1. The van der Waals surface area contributed by atoms with Gasteiger partial charge in [0.2, 0.25) is 0 Å². The molecule has 2 aromatic rings. The molecule has 0 bridgehead atoms. The van der Waals surface area contributed by atoms with Crippen molar-refractivity contribution in [1.82, 2.24) is 0 Å². The molecular formula is C23H23I. The average molecular weight is 426 g/mol. The van der Waals surface area contributed by atoms with Crippen LogP contribution < -0.4 is 0 Å². The van der Waals surface area contributed by atoms with Gasteiger partial charge in [-0.05, 0) is 74.3 Å². The lowest BCUT2D eigenvalue weighted by Crippen LogP contribution is -2.16. The molecule has 122 valence electrons. The highest BCUT2D eigenvalue weighted by atomic mass is 127. The third kappa shape index (κ3) is 2.57. The summed E-state index contributed by atoms with van der Waals surface area (Å²) in [6.45, 7) is 6.94. The lowest BCUT2D eigenvalue weighted by Gasteiger charge is -2.24. The minimum Gasteiger partial charge on any atom is -0.0790 e. The monoisotopic (exact) mass is 426 g/mol. The van der Waals surface area contributed by atoms with E-state index in [0.717, 1.165) is 12.8 Å². The maximum Gasteiger partial charge on any atom is 0.0115 e. The number of benzene rings is 2. The van der Waals surface area contributed by atoms with Gasteiger partial charge in [-0.15, -0.1) is 0 Å². The van der Waals surface area contributed by atoms with Crippen LogP contribution in [0.15, 0.2) is 63.8 Å². The lowest BCUT2D eigenvalue weighted by atomic mass is 9.80. The van der Waals surface area contributed by atoms with Gasteiger partial charge in [-0.2, -0.15) is 0 Å². The molecule has 0 spiro atoms. The molecule has 0 fully saturated rings. The summed E-state index contributed by atoms with van der Waals surface area (Å²) in [5, 5.41) is 0. The minimum atomic E-state index is 0.135. The fourth-order valence-corrected chi connectivity index (χ4v) is 4.75. The fourth-order valence-electron chi connectivity index (χ4n) is 4.27. The van der Waals surface area contributed by atoms with Crippen LogP contribution in [0.1, 0.15) is 49.3 Å². The van der Waals surface area contributed by atoms with Crippen LogP contribution in [0.5, 0.6) is 0 Å². The molecule has 0 radical (unpaired) electrons. The van der Waals surface area contributed by atoms with Crippen molar-refractivity contribution in [1.29, 1.82) is 0 Å². The van der Waals surface area contributed by atoms with Crippen LogP contribution in [0.25, 0.3) is 11.1 Å². The summed E-state index contributed by atoms with van der Waals surface area (Å²) in [5.41, 5.74) is 8.76. The van der Waals surface area contributed by atoms with E-state index < -0.39 is 0 Å². The van der Waals surface area contributed by atoms with Gasteiger partial charge in [-0.25, -0.2) is 0 Å². The highest BCUT2D eigenvalue weighted by Crippen LogP contribution is 2.53. The van der Waals surface area contributed by atoms with E-state index in [4.69, 9.17) is 0 Å². The molecule has 0 nitrogen and oxygen atoms in total. The van der Waals surface area contributed by atoms with Gasteiger partial charge in [0, 0.05) is 11.3 Å². The minimum absolute atomic E-state index is 0.135. The van der Waals surface area contributed by atoms with Crippen molar-refractivity contribution in [3.05, 3.63) is 80.5 Å². The zero-order valence-corrected chi connectivity index (χ0v) is 16.7. The van der Waals surface area contributed by atoms with E-state index in [9.17, 15) is 0 Å². The van der Waals surface area contributed by atoms with Gasteiger partial charge in [0.05, 0.1) is 0 Å². The quantitative estimate of drug-likeness (QED) is 0.338. The molecule has 2 aliphatic carbocycles. The van der Waals surface area contributed by atoms with Crippen molar-refractivity contribution in [2.75, 3.05) is 0 Å². The van der Waals surface area contributed by atoms with Crippen LogP contribution in [0, 0.1) is 6.92 Å². The topological polar surface area (TPSA) is 0 Å². The van der Waals surface area contributed by atoms with Crippen molar-refractivity contribution < 1.29 is 0 Å². The van der Waals surface area contributed by atoms with Crippen LogP contribution in [0.4, 0.5) is 0 Å². The molecule has 0 amide bonds. The first-order chi connectivity index (χ1) is 11.5. The molecule has 1 atom stereocenters. The first-order valence-electron chi connectivity index (χ1n) is 8.73. The molecule has 0 saturated carbocycles. The second-order valence-corrected chi connectivity index (χ2v) is 8.98. The van der Waals surface area contributed by atoms with E-state index in [1.165, 1.54) is 31.4 Å². The van der Waals surface area contributed by atoms with E-state index >= 15 is 0 Å². The van der Waals surface area contributed by atoms with Crippen LogP contribution in [-0.4, -0.2) is 0 Å². The standard InChI is InChI=1S/C23H23I/c1-15-4-6-16(7-5-15)17-8-11-20-19-12-9-18(24)10-13-21(19)23(2,3)22(20)14-17/h4-9,11,13-14,19H,10,12H2,1-3H3. The third-order valence-electron chi connectivity index (χ3n) is 5.68. The highest BCUT2D eigenvalue weighted by molar-refractivity contribution is 14.1. The molecule has 24 heavy (non-hydrogen) atoms. The van der Waals surface area contributed by atoms with Gasteiger partial charge in [-0.1, -0.05) is 73.5 Å². The number of hydrogen-bond acceptors (Lipinski definition) is 0. The molecule has 0 aromatic heterocycles. The van der Waals surface area contributed by atoms with Gasteiger partial charge in [-0.3, -0.25) is 0 Å². The van der Waals surface area contributed by atoms with E-state index in [1.807, 2.05) is 0 Å². The summed E-state index contributed by atoms with van der Waals surface area (Å²) in [5.74, 6) is 0.564. The maximum absolute atomic E-state index is 2.49. The molecule has 2 aromatic carbocycles. The van der Waals surface area contributed by atoms with Gasteiger partial charge in [0.15, 0.2) is 0 Å². The molecule has 0 N–H and O–H groups in total. The summed E-state index contributed by atoms with van der Waals surface area (Å²) in [7, 11) is 0. The maximum atomic E-state index is 2.49. The molecule has 0 heterocycles. The summed E-state index contributed by atoms with van der Waals surface area (Å²) < 4.78 is 1.48. The first-order valence-corrected chi connectivity index (χ1v) is 9.81. The predicted octanol–water partition coefficient (Wildman–Crippen LogP) is 7.08. The molecular weight excluding hydrogens is 403 g/mol. The number of allylic oxidation sites excluding steroid dienone is 4. The van der Waals surface area contributed by atoms with E-state index in [0.29, 0.717) is 5.92 Å². The third-order valence-corrected chi connectivity index (χ3v) is 6.56. The smallest absolute Gasteiger partial charge is 0.0115 e. The van der Waals surface area contributed by atoms with Crippen molar-refractivity contribution in [2.24, 2.45) is 0 Å². The molecule has 1 heteroatoms. The Kier molecular flexibility index (Phi) is 3.95. The summed E-state index contributed by atoms with van der Waals surface area (Å²) >= 11 is 2.49. The Bertz CT molecular complexity index is 850. The van der Waals surface area contributed by atoms with Gasteiger partial charge in [0.25, 0.3) is 0 Å². The van der Waals surface area contributed by atoms with Gasteiger partial charge >= 0.3 is 0 Å². The summed E-state index contributed by atoms with van der Waals surface area (Å²) in [4.78, 5) is 0. The van der Waals surface area contributed by atoms with E-state index in [1.54, 1.807) is 5.57 Å². The zero-order chi connectivity index (χ0) is 16.9. The van der Waals surface area contributed by atoms with E-state index in [2.05, 4.69) is 98.0 Å². The largest absolute Gasteiger partial charge is 0.0790 e. The van der Waals surface area contributed by atoms with Crippen molar-refractivity contribution in [2.45, 2.75) is 44.9 Å². The summed E-state index contributed by atoms with van der Waals surface area (Å²) in [6, 6.07) is 16.0. The molecule has 0 aliphatic heterocycles. The Morgan fingerprint density at radius 2 is 1.67 bits per heavy atom. The van der Waals surface area contributed by atoms with Crippen LogP contribution in [0.2, 0.25) is 0 Å². The second kappa shape index (κ2) is 5.87. The van der Waals surface area contributed by atoms with Crippen molar-refractivity contribution >= 4 is 22.6 Å². The van der Waals surface area contributed by atoms with Gasteiger partial charge < -0.3 is 0 Å². The Morgan fingerprint density at radius 1 is 0.958 bits per heavy atom. The number of rotatable bonds is 1.